The van der Waals surface area contributed by atoms with Gasteiger partial charge in [0.25, 0.3) is 5.91 Å². The highest BCUT2D eigenvalue weighted by Crippen LogP contribution is 2.48. The maximum absolute atomic E-state index is 14.7. The molecule has 1 saturated heterocycles. The van der Waals surface area contributed by atoms with Gasteiger partial charge in [-0.2, -0.15) is 23.4 Å². The maximum Gasteiger partial charge on any atom is 0.422 e. The van der Waals surface area contributed by atoms with Crippen LogP contribution in [0, 0.1) is 5.92 Å². The molecular formula is C26H29F3N6O2S. The monoisotopic (exact) mass is 546 g/mol. The van der Waals surface area contributed by atoms with E-state index in [4.69, 9.17) is 10.5 Å². The average Bonchev–Trinajstić information content (AvgIpc) is 3.62. The van der Waals surface area contributed by atoms with E-state index in [2.05, 4.69) is 20.5 Å². The van der Waals surface area contributed by atoms with Crippen molar-refractivity contribution in [3.05, 3.63) is 47.2 Å². The Labute approximate surface area is 222 Å². The summed E-state index contributed by atoms with van der Waals surface area (Å²) in [7, 11) is 0. The van der Waals surface area contributed by atoms with Crippen LogP contribution in [0.15, 0.2) is 36.0 Å². The Bertz CT molecular complexity index is 1260. The molecule has 1 aliphatic heterocycles. The molecule has 38 heavy (non-hydrogen) atoms. The van der Waals surface area contributed by atoms with Crippen molar-refractivity contribution in [2.75, 3.05) is 29.9 Å². The molecule has 3 aromatic rings. The molecule has 8 nitrogen and oxygen atoms in total. The predicted octanol–water partition coefficient (Wildman–Crippen LogP) is 5.37. The second-order valence-electron chi connectivity index (χ2n) is 9.67. The molecule has 1 saturated carbocycles. The molecular weight excluding hydrogens is 517 g/mol. The third-order valence-corrected chi connectivity index (χ3v) is 7.90. The van der Waals surface area contributed by atoms with Crippen LogP contribution in [0.2, 0.25) is 0 Å². The number of benzene rings is 1. The third-order valence-electron chi connectivity index (χ3n) is 7.00. The van der Waals surface area contributed by atoms with E-state index in [0.717, 1.165) is 32.1 Å². The van der Waals surface area contributed by atoms with Crippen LogP contribution in [-0.2, 0) is 6.18 Å². The molecule has 1 aliphatic carbocycles. The molecule has 2 fully saturated rings. The summed E-state index contributed by atoms with van der Waals surface area (Å²) < 4.78 is 50.0. The lowest BCUT2D eigenvalue weighted by Gasteiger charge is -2.37. The predicted molar refractivity (Wildman–Crippen MR) is 139 cm³/mol. The number of nitrogens with two attached hydrogens (primary N) is 1. The molecule has 1 atom stereocenters. The van der Waals surface area contributed by atoms with Crippen LogP contribution in [0.3, 0.4) is 0 Å². The summed E-state index contributed by atoms with van der Waals surface area (Å²) in [5, 5.41) is 12.4. The van der Waals surface area contributed by atoms with E-state index in [0.29, 0.717) is 36.6 Å². The van der Waals surface area contributed by atoms with Gasteiger partial charge in [-0.25, -0.2) is 4.98 Å². The highest BCUT2D eigenvalue weighted by atomic mass is 32.1. The number of carbonyl (C=O) groups excluding carboxylic acids is 1. The van der Waals surface area contributed by atoms with Gasteiger partial charge in [0.05, 0.1) is 29.9 Å². The van der Waals surface area contributed by atoms with Crippen LogP contribution in [0.4, 0.5) is 24.5 Å². The third kappa shape index (κ3) is 5.75. The Morgan fingerprint density at radius 2 is 1.97 bits per heavy atom. The Morgan fingerprint density at radius 1 is 1.16 bits per heavy atom. The first-order valence-electron chi connectivity index (χ1n) is 12.7. The van der Waals surface area contributed by atoms with Gasteiger partial charge in [0.15, 0.2) is 0 Å². The normalized spacial score (nSPS) is 18.5. The molecule has 1 amide bonds. The fourth-order valence-electron chi connectivity index (χ4n) is 5.13. The van der Waals surface area contributed by atoms with Crippen molar-refractivity contribution in [1.82, 2.24) is 15.2 Å². The van der Waals surface area contributed by atoms with Gasteiger partial charge in [-0.3, -0.25) is 4.79 Å². The van der Waals surface area contributed by atoms with Gasteiger partial charge in [0, 0.05) is 24.0 Å². The highest BCUT2D eigenvalue weighted by Gasteiger charge is 2.42. The van der Waals surface area contributed by atoms with E-state index in [9.17, 15) is 18.0 Å². The van der Waals surface area contributed by atoms with Crippen molar-refractivity contribution in [2.45, 2.75) is 50.8 Å². The first-order valence-corrected chi connectivity index (χ1v) is 13.6. The number of carbonyl (C=O) groups is 1. The standard InChI is InChI=1S/C26H29F3N6O2S/c27-26(28,29)22-21(37-18-5-1-2-6-18)8-7-19(23(22)35-11-3-4-16(12-30)14-35)33-24(36)20-15-38-25(34-20)17-9-10-31-32-13-17/h7-10,13,15-16,18H,1-6,11-12,14,30H2,(H,33,36)/t16-/m0/s1. The molecule has 12 heteroatoms. The molecule has 5 rings (SSSR count). The van der Waals surface area contributed by atoms with Crippen LogP contribution < -0.4 is 20.7 Å². The number of amides is 1. The summed E-state index contributed by atoms with van der Waals surface area (Å²) in [6.45, 7) is 1.17. The van der Waals surface area contributed by atoms with E-state index < -0.39 is 17.6 Å². The smallest absolute Gasteiger partial charge is 0.422 e. The van der Waals surface area contributed by atoms with E-state index in [1.165, 1.54) is 35.9 Å². The van der Waals surface area contributed by atoms with Crippen molar-refractivity contribution < 1.29 is 22.7 Å². The number of ether oxygens (including phenoxy) is 1. The maximum atomic E-state index is 14.7. The van der Waals surface area contributed by atoms with E-state index in [1.807, 2.05) is 0 Å². The van der Waals surface area contributed by atoms with Gasteiger partial charge >= 0.3 is 6.18 Å². The topological polar surface area (TPSA) is 106 Å². The lowest BCUT2D eigenvalue weighted by molar-refractivity contribution is -0.138. The highest BCUT2D eigenvalue weighted by molar-refractivity contribution is 7.13. The number of hydrogen-bond acceptors (Lipinski definition) is 8. The summed E-state index contributed by atoms with van der Waals surface area (Å²) in [6.07, 6.45) is 2.97. The molecule has 0 radical (unpaired) electrons. The van der Waals surface area contributed by atoms with Crippen molar-refractivity contribution in [3.63, 3.8) is 0 Å². The van der Waals surface area contributed by atoms with Crippen LogP contribution in [-0.4, -0.2) is 46.8 Å². The number of piperidine rings is 1. The van der Waals surface area contributed by atoms with Crippen molar-refractivity contribution in [3.8, 4) is 16.3 Å². The van der Waals surface area contributed by atoms with Crippen molar-refractivity contribution in [1.29, 1.82) is 0 Å². The summed E-state index contributed by atoms with van der Waals surface area (Å²) in [4.78, 5) is 19.2. The molecule has 3 N–H and O–H groups in total. The van der Waals surface area contributed by atoms with Gasteiger partial charge in [0.2, 0.25) is 0 Å². The molecule has 3 heterocycles. The van der Waals surface area contributed by atoms with Gasteiger partial charge in [0.1, 0.15) is 22.0 Å². The second kappa shape index (κ2) is 11.2. The zero-order valence-corrected chi connectivity index (χ0v) is 21.5. The largest absolute Gasteiger partial charge is 0.490 e. The fourth-order valence-corrected chi connectivity index (χ4v) is 5.93. The molecule has 2 aliphatic rings. The Kier molecular flexibility index (Phi) is 7.80. The van der Waals surface area contributed by atoms with E-state index in [1.54, 1.807) is 16.3 Å². The van der Waals surface area contributed by atoms with E-state index >= 15 is 0 Å². The number of nitrogens with one attached hydrogen (secondary N) is 1. The van der Waals surface area contributed by atoms with E-state index in [-0.39, 0.29) is 34.8 Å². The number of nitrogens with zero attached hydrogens (tertiary/aromatic N) is 4. The number of halogens is 3. The zero-order valence-electron chi connectivity index (χ0n) is 20.7. The molecule has 0 spiro atoms. The Morgan fingerprint density at radius 3 is 2.68 bits per heavy atom. The minimum atomic E-state index is -4.69. The molecule has 202 valence electrons. The molecule has 1 aromatic carbocycles. The Balaban J connectivity index is 1.52. The molecule has 2 aromatic heterocycles. The lowest BCUT2D eigenvalue weighted by atomic mass is 9.96. The Hall–Kier alpha value is -3.25. The summed E-state index contributed by atoms with van der Waals surface area (Å²) >= 11 is 1.24. The van der Waals surface area contributed by atoms with Crippen LogP contribution in [0.1, 0.15) is 54.6 Å². The summed E-state index contributed by atoms with van der Waals surface area (Å²) in [5.74, 6) is -0.739. The van der Waals surface area contributed by atoms with Gasteiger partial charge in [-0.15, -0.1) is 11.3 Å². The lowest BCUT2D eigenvalue weighted by Crippen LogP contribution is -2.40. The molecule has 0 unspecified atom stereocenters. The van der Waals surface area contributed by atoms with Crippen LogP contribution in [0.5, 0.6) is 5.75 Å². The number of thiazole rings is 1. The number of alkyl halides is 3. The molecule has 0 bridgehead atoms. The quantitative estimate of drug-likeness (QED) is 0.411. The number of rotatable bonds is 7. The zero-order chi connectivity index (χ0) is 26.7. The number of hydrogen-bond donors (Lipinski definition) is 2. The van der Waals surface area contributed by atoms with Crippen molar-refractivity contribution in [2.24, 2.45) is 11.7 Å². The second-order valence-corrected chi connectivity index (χ2v) is 10.5. The van der Waals surface area contributed by atoms with Gasteiger partial charge < -0.3 is 20.7 Å². The van der Waals surface area contributed by atoms with Gasteiger partial charge in [-0.1, -0.05) is 0 Å². The van der Waals surface area contributed by atoms with Crippen LogP contribution >= 0.6 is 11.3 Å². The first kappa shape index (κ1) is 26.4. The van der Waals surface area contributed by atoms with Gasteiger partial charge in [-0.05, 0) is 69.2 Å². The SMILES string of the molecule is NC[C@@H]1CCCN(c2c(NC(=O)c3csc(-c4ccnnc4)n3)ccc(OC3CCCC3)c2C(F)(F)F)C1. The summed E-state index contributed by atoms with van der Waals surface area (Å²) in [5.41, 5.74) is 5.82. The summed E-state index contributed by atoms with van der Waals surface area (Å²) in [6, 6.07) is 4.53. The minimum Gasteiger partial charge on any atom is -0.490 e. The number of anilines is 2. The van der Waals surface area contributed by atoms with Crippen LogP contribution in [0.25, 0.3) is 10.6 Å². The fraction of sp³-hybridized carbons (Fsp3) is 0.462. The number of aromatic nitrogens is 3. The average molecular weight is 547 g/mol. The minimum absolute atomic E-state index is 0.0582. The van der Waals surface area contributed by atoms with Crippen molar-refractivity contribution >= 4 is 28.6 Å². The first-order chi connectivity index (χ1) is 18.3.